The van der Waals surface area contributed by atoms with Crippen LogP contribution in [0.25, 0.3) is 11.1 Å². The Balaban J connectivity index is 1.93. The third-order valence-electron chi connectivity index (χ3n) is 4.40. The number of carbonyl (C=O) groups excluding carboxylic acids is 3. The molecule has 128 valence electrons. The Hall–Kier alpha value is -2.46. The van der Waals surface area contributed by atoms with Crippen LogP contribution >= 0.6 is 11.6 Å². The first-order valence-electron chi connectivity index (χ1n) is 8.33. The molecule has 0 atom stereocenters. The molecule has 2 aromatic carbocycles. The summed E-state index contributed by atoms with van der Waals surface area (Å²) in [5.74, 6) is -0.688. The number of halogens is 1. The lowest BCUT2D eigenvalue weighted by Crippen LogP contribution is -2.20. The number of rotatable bonds is 7. The highest BCUT2D eigenvalue weighted by Crippen LogP contribution is 2.32. The van der Waals surface area contributed by atoms with Crippen LogP contribution in [0, 0.1) is 0 Å². The van der Waals surface area contributed by atoms with Crippen molar-refractivity contribution < 1.29 is 14.4 Å². The van der Waals surface area contributed by atoms with Gasteiger partial charge in [-0.2, -0.15) is 0 Å². The number of carbonyl (C=O) groups is 3. The van der Waals surface area contributed by atoms with Crippen LogP contribution < -0.4 is 5.32 Å². The SMILES string of the molecule is O=CCCCCCc1ccc(-c2ccc(Cl)cc2)c2c1C(=O)NC2=O. The molecule has 25 heavy (non-hydrogen) atoms. The summed E-state index contributed by atoms with van der Waals surface area (Å²) in [4.78, 5) is 34.9. The van der Waals surface area contributed by atoms with E-state index in [1.165, 1.54) is 0 Å². The second kappa shape index (κ2) is 7.62. The van der Waals surface area contributed by atoms with Crippen LogP contribution in [-0.2, 0) is 11.2 Å². The minimum atomic E-state index is -0.354. The first-order valence-corrected chi connectivity index (χ1v) is 8.70. The van der Waals surface area contributed by atoms with Gasteiger partial charge in [0.2, 0.25) is 0 Å². The molecule has 0 spiro atoms. The number of benzene rings is 2. The third-order valence-corrected chi connectivity index (χ3v) is 4.65. The predicted molar refractivity (Wildman–Crippen MR) is 96.9 cm³/mol. The Morgan fingerprint density at radius 1 is 0.880 bits per heavy atom. The number of amides is 2. The zero-order valence-electron chi connectivity index (χ0n) is 13.7. The van der Waals surface area contributed by atoms with E-state index in [9.17, 15) is 14.4 Å². The van der Waals surface area contributed by atoms with Crippen molar-refractivity contribution >= 4 is 29.7 Å². The zero-order valence-corrected chi connectivity index (χ0v) is 14.4. The van der Waals surface area contributed by atoms with E-state index in [0.29, 0.717) is 29.0 Å². The molecule has 0 fully saturated rings. The lowest BCUT2D eigenvalue weighted by Gasteiger charge is -2.11. The van der Waals surface area contributed by atoms with E-state index in [0.717, 1.165) is 42.2 Å². The van der Waals surface area contributed by atoms with Gasteiger partial charge in [-0.15, -0.1) is 0 Å². The van der Waals surface area contributed by atoms with Gasteiger partial charge in [0.05, 0.1) is 11.1 Å². The van der Waals surface area contributed by atoms with E-state index in [-0.39, 0.29) is 11.8 Å². The van der Waals surface area contributed by atoms with Crippen molar-refractivity contribution in [2.75, 3.05) is 0 Å². The highest BCUT2D eigenvalue weighted by Gasteiger charge is 2.32. The number of hydrogen-bond acceptors (Lipinski definition) is 3. The smallest absolute Gasteiger partial charge is 0.259 e. The third kappa shape index (κ3) is 3.64. The molecule has 0 aromatic heterocycles. The molecule has 1 aliphatic rings. The average Bonchev–Trinajstić information content (AvgIpc) is 2.91. The van der Waals surface area contributed by atoms with Gasteiger partial charge in [0, 0.05) is 11.4 Å². The number of aldehydes is 1. The van der Waals surface area contributed by atoms with Gasteiger partial charge in [-0.25, -0.2) is 0 Å². The number of unbranched alkanes of at least 4 members (excludes halogenated alkanes) is 3. The maximum Gasteiger partial charge on any atom is 0.259 e. The van der Waals surface area contributed by atoms with Gasteiger partial charge in [-0.1, -0.05) is 42.3 Å². The van der Waals surface area contributed by atoms with E-state index in [4.69, 9.17) is 11.6 Å². The number of imide groups is 1. The second-order valence-electron chi connectivity index (χ2n) is 6.08. The summed E-state index contributed by atoms with van der Waals surface area (Å²) in [5, 5.41) is 3.02. The van der Waals surface area contributed by atoms with Crippen molar-refractivity contribution in [1.29, 1.82) is 0 Å². The van der Waals surface area contributed by atoms with Crippen molar-refractivity contribution in [3.05, 3.63) is 58.1 Å². The molecule has 4 nitrogen and oxygen atoms in total. The fraction of sp³-hybridized carbons (Fsp3) is 0.250. The summed E-state index contributed by atoms with van der Waals surface area (Å²) in [7, 11) is 0. The van der Waals surface area contributed by atoms with Crippen molar-refractivity contribution in [2.24, 2.45) is 0 Å². The molecule has 0 aliphatic carbocycles. The van der Waals surface area contributed by atoms with Crippen LogP contribution in [0.3, 0.4) is 0 Å². The highest BCUT2D eigenvalue weighted by atomic mass is 35.5. The Morgan fingerprint density at radius 3 is 2.32 bits per heavy atom. The monoisotopic (exact) mass is 355 g/mol. The van der Waals surface area contributed by atoms with E-state index in [2.05, 4.69) is 5.32 Å². The van der Waals surface area contributed by atoms with Gasteiger partial charge in [0.25, 0.3) is 11.8 Å². The molecule has 1 N–H and O–H groups in total. The molecule has 0 saturated heterocycles. The number of hydrogen-bond donors (Lipinski definition) is 1. The van der Waals surface area contributed by atoms with Crippen LogP contribution in [0.1, 0.15) is 52.0 Å². The van der Waals surface area contributed by atoms with Gasteiger partial charge >= 0.3 is 0 Å². The Labute approximate surface area is 151 Å². The summed E-state index contributed by atoms with van der Waals surface area (Å²) in [6.45, 7) is 0. The largest absolute Gasteiger partial charge is 0.303 e. The van der Waals surface area contributed by atoms with Gasteiger partial charge in [0.1, 0.15) is 6.29 Å². The van der Waals surface area contributed by atoms with Gasteiger partial charge in [-0.3, -0.25) is 14.9 Å². The molecule has 1 aliphatic heterocycles. The lowest BCUT2D eigenvalue weighted by atomic mass is 9.91. The number of fused-ring (bicyclic) bond motifs is 1. The maximum absolute atomic E-state index is 12.3. The highest BCUT2D eigenvalue weighted by molar-refractivity contribution is 6.30. The quantitative estimate of drug-likeness (QED) is 0.460. The van der Waals surface area contributed by atoms with Gasteiger partial charge < -0.3 is 4.79 Å². The van der Waals surface area contributed by atoms with Crippen molar-refractivity contribution in [3.8, 4) is 11.1 Å². The molecule has 2 amide bonds. The first-order chi connectivity index (χ1) is 12.1. The normalized spacial score (nSPS) is 12.8. The Bertz CT molecular complexity index is 828. The van der Waals surface area contributed by atoms with Crippen molar-refractivity contribution in [3.63, 3.8) is 0 Å². The number of nitrogens with one attached hydrogen (secondary N) is 1. The summed E-state index contributed by atoms with van der Waals surface area (Å²) >= 11 is 5.93. The van der Waals surface area contributed by atoms with E-state index in [1.807, 2.05) is 24.3 Å². The summed E-state index contributed by atoms with van der Waals surface area (Å²) in [5.41, 5.74) is 3.38. The minimum absolute atomic E-state index is 0.335. The first kappa shape index (κ1) is 17.4. The van der Waals surface area contributed by atoms with Crippen molar-refractivity contribution in [2.45, 2.75) is 32.1 Å². The molecular weight excluding hydrogens is 338 g/mol. The average molecular weight is 356 g/mol. The molecule has 0 unspecified atom stereocenters. The summed E-state index contributed by atoms with van der Waals surface area (Å²) in [6, 6.07) is 11.0. The van der Waals surface area contributed by atoms with Gasteiger partial charge in [-0.05, 0) is 48.1 Å². The van der Waals surface area contributed by atoms with Crippen LogP contribution in [0.2, 0.25) is 5.02 Å². The Kier molecular flexibility index (Phi) is 5.29. The molecule has 1 heterocycles. The molecular formula is C20H18ClNO3. The molecule has 0 radical (unpaired) electrons. The van der Waals surface area contributed by atoms with Crippen molar-refractivity contribution in [1.82, 2.24) is 5.32 Å². The fourth-order valence-electron chi connectivity index (χ4n) is 3.17. The van der Waals surface area contributed by atoms with E-state index in [1.54, 1.807) is 12.1 Å². The van der Waals surface area contributed by atoms with Crippen LogP contribution in [0.5, 0.6) is 0 Å². The van der Waals surface area contributed by atoms with Crippen LogP contribution in [0.15, 0.2) is 36.4 Å². The topological polar surface area (TPSA) is 63.2 Å². The lowest BCUT2D eigenvalue weighted by molar-refractivity contribution is -0.107. The zero-order chi connectivity index (χ0) is 17.8. The standard InChI is InChI=1S/C20H18ClNO3/c21-15-9-6-13(7-10-15)16-11-8-14(5-3-1-2-4-12-23)17-18(16)20(25)22-19(17)24/h6-12H,1-5H2,(H,22,24,25). The molecule has 3 rings (SSSR count). The summed E-state index contributed by atoms with van der Waals surface area (Å²) < 4.78 is 0. The van der Waals surface area contributed by atoms with E-state index < -0.39 is 0 Å². The minimum Gasteiger partial charge on any atom is -0.303 e. The van der Waals surface area contributed by atoms with Gasteiger partial charge in [0.15, 0.2) is 0 Å². The molecule has 0 saturated carbocycles. The second-order valence-corrected chi connectivity index (χ2v) is 6.51. The van der Waals surface area contributed by atoms with E-state index >= 15 is 0 Å². The van der Waals surface area contributed by atoms with Crippen LogP contribution in [0.4, 0.5) is 0 Å². The summed E-state index contributed by atoms with van der Waals surface area (Å²) in [6.07, 6.45) is 4.84. The Morgan fingerprint density at radius 2 is 1.60 bits per heavy atom. The fourth-order valence-corrected chi connectivity index (χ4v) is 3.29. The molecule has 5 heteroatoms. The predicted octanol–water partition coefficient (Wildman–Crippen LogP) is 4.19. The molecule has 0 bridgehead atoms. The molecule has 2 aromatic rings. The van der Waals surface area contributed by atoms with Crippen LogP contribution in [-0.4, -0.2) is 18.1 Å². The number of aryl methyl sites for hydroxylation is 1. The maximum atomic E-state index is 12.3.